The molecule has 3 aromatic rings. The van der Waals surface area contributed by atoms with Crippen LogP contribution in [0.15, 0.2) is 42.5 Å². The molecule has 0 fully saturated rings. The minimum atomic E-state index is -0.462. The molecule has 0 saturated heterocycles. The van der Waals surface area contributed by atoms with E-state index in [1.807, 2.05) is 24.3 Å². The van der Waals surface area contributed by atoms with Gasteiger partial charge < -0.3 is 0 Å². The fourth-order valence-corrected chi connectivity index (χ4v) is 3.07. The number of nitriles is 1. The smallest absolute Gasteiger partial charge is 0.135 e. The van der Waals surface area contributed by atoms with Crippen molar-refractivity contribution < 1.29 is 4.39 Å². The number of nitrogens with zero attached hydrogens (tertiary/aromatic N) is 2. The lowest BCUT2D eigenvalue weighted by Crippen LogP contribution is -1.86. The number of fused-ring (bicyclic) bond motifs is 1. The lowest BCUT2D eigenvalue weighted by molar-refractivity contribution is 0.625. The Kier molecular flexibility index (Phi) is 3.70. The summed E-state index contributed by atoms with van der Waals surface area (Å²) in [5.41, 5.74) is 1.32. The van der Waals surface area contributed by atoms with Gasteiger partial charge in [-0.3, -0.25) is 0 Å². The fraction of sp³-hybridized carbons (Fsp3) is 0. The van der Waals surface area contributed by atoms with Crippen molar-refractivity contribution in [2.24, 2.45) is 0 Å². The minimum absolute atomic E-state index is 0.204. The summed E-state index contributed by atoms with van der Waals surface area (Å²) in [4.78, 5) is 4.40. The van der Waals surface area contributed by atoms with Gasteiger partial charge in [0.25, 0.3) is 0 Å². The number of para-hydroxylation sites is 1. The number of thiazole rings is 1. The third-order valence-electron chi connectivity index (χ3n) is 2.93. The maximum atomic E-state index is 13.8. The van der Waals surface area contributed by atoms with Gasteiger partial charge in [-0.1, -0.05) is 29.8 Å². The van der Waals surface area contributed by atoms with E-state index in [4.69, 9.17) is 11.6 Å². The molecule has 0 aliphatic heterocycles. The Balaban J connectivity index is 2.14. The van der Waals surface area contributed by atoms with Gasteiger partial charge in [0.2, 0.25) is 0 Å². The number of hydrogen-bond acceptors (Lipinski definition) is 3. The first-order chi connectivity index (χ1) is 10.2. The summed E-state index contributed by atoms with van der Waals surface area (Å²) in [7, 11) is 0. The molecule has 0 spiro atoms. The Labute approximate surface area is 129 Å². The van der Waals surface area contributed by atoms with Crippen LogP contribution in [0.4, 0.5) is 4.39 Å². The molecule has 0 radical (unpaired) electrons. The van der Waals surface area contributed by atoms with E-state index >= 15 is 0 Å². The van der Waals surface area contributed by atoms with E-state index in [-0.39, 0.29) is 10.6 Å². The Bertz CT molecular complexity index is 839. The van der Waals surface area contributed by atoms with Crippen LogP contribution in [0.5, 0.6) is 0 Å². The molecule has 0 unspecified atom stereocenters. The molecular formula is C16H8ClFN2S. The summed E-state index contributed by atoms with van der Waals surface area (Å²) in [5, 5.41) is 10.2. The van der Waals surface area contributed by atoms with Gasteiger partial charge in [0.05, 0.1) is 20.8 Å². The molecule has 2 nitrogen and oxygen atoms in total. The van der Waals surface area contributed by atoms with E-state index in [0.717, 1.165) is 10.2 Å². The van der Waals surface area contributed by atoms with Crippen LogP contribution in [-0.2, 0) is 0 Å². The Morgan fingerprint density at radius 3 is 2.76 bits per heavy atom. The first-order valence-corrected chi connectivity index (χ1v) is 7.30. The lowest BCUT2D eigenvalue weighted by atomic mass is 10.1. The third-order valence-corrected chi connectivity index (χ3v) is 4.33. The van der Waals surface area contributed by atoms with Crippen molar-refractivity contribution in [3.63, 3.8) is 0 Å². The molecule has 1 aromatic heterocycles. The number of aromatic nitrogens is 1. The van der Waals surface area contributed by atoms with E-state index in [0.29, 0.717) is 10.6 Å². The zero-order valence-corrected chi connectivity index (χ0v) is 12.2. The van der Waals surface area contributed by atoms with Crippen molar-refractivity contribution in [2.45, 2.75) is 0 Å². The second-order valence-electron chi connectivity index (χ2n) is 4.29. The van der Waals surface area contributed by atoms with E-state index < -0.39 is 5.82 Å². The first-order valence-electron chi connectivity index (χ1n) is 6.11. The second kappa shape index (κ2) is 5.65. The van der Waals surface area contributed by atoms with E-state index in [2.05, 4.69) is 11.1 Å². The monoisotopic (exact) mass is 314 g/mol. The van der Waals surface area contributed by atoms with Crippen LogP contribution in [0.3, 0.4) is 0 Å². The predicted octanol–water partition coefficient (Wildman–Crippen LogP) is 5.15. The van der Waals surface area contributed by atoms with Gasteiger partial charge in [-0.25, -0.2) is 9.37 Å². The van der Waals surface area contributed by atoms with Crippen molar-refractivity contribution in [3.8, 4) is 6.07 Å². The quantitative estimate of drug-likeness (QED) is 0.613. The summed E-state index contributed by atoms with van der Waals surface area (Å²) in [6.07, 6.45) is 1.44. The van der Waals surface area contributed by atoms with E-state index in [9.17, 15) is 9.65 Å². The number of allylic oxidation sites excluding steroid dienone is 1. The summed E-state index contributed by atoms with van der Waals surface area (Å²) in [6.45, 7) is 0. The molecule has 21 heavy (non-hydrogen) atoms. The number of halogens is 2. The topological polar surface area (TPSA) is 36.7 Å². The molecule has 102 valence electrons. The summed E-state index contributed by atoms with van der Waals surface area (Å²) < 4.78 is 14.8. The standard InChI is InChI=1S/C16H8ClFN2S/c17-12-4-3-5-13(18)11(12)8-10(9-19)16-20-14-6-1-2-7-15(14)21-16/h1-8H/b10-8+. The van der Waals surface area contributed by atoms with Gasteiger partial charge in [-0.05, 0) is 30.3 Å². The Hall–Kier alpha value is -2.22. The molecule has 0 aliphatic carbocycles. The number of hydrogen-bond donors (Lipinski definition) is 0. The van der Waals surface area contributed by atoms with Gasteiger partial charge in [0.1, 0.15) is 16.9 Å². The molecular weight excluding hydrogens is 307 g/mol. The van der Waals surface area contributed by atoms with Crippen LogP contribution in [-0.4, -0.2) is 4.98 Å². The van der Waals surface area contributed by atoms with Gasteiger partial charge in [0.15, 0.2) is 0 Å². The molecule has 0 amide bonds. The molecule has 0 saturated carbocycles. The van der Waals surface area contributed by atoms with Crippen LogP contribution in [0.2, 0.25) is 5.02 Å². The highest BCUT2D eigenvalue weighted by Crippen LogP contribution is 2.30. The molecule has 0 aliphatic rings. The second-order valence-corrected chi connectivity index (χ2v) is 5.73. The molecule has 0 atom stereocenters. The number of benzene rings is 2. The van der Waals surface area contributed by atoms with Crippen LogP contribution in [0.25, 0.3) is 21.9 Å². The largest absolute Gasteiger partial charge is 0.235 e. The third kappa shape index (κ3) is 2.66. The first kappa shape index (κ1) is 13.7. The van der Waals surface area contributed by atoms with Crippen molar-refractivity contribution in [1.29, 1.82) is 5.26 Å². The fourth-order valence-electron chi connectivity index (χ4n) is 1.92. The normalized spacial score (nSPS) is 11.6. The Morgan fingerprint density at radius 2 is 2.05 bits per heavy atom. The summed E-state index contributed by atoms with van der Waals surface area (Å²) in [5.74, 6) is -0.462. The summed E-state index contributed by atoms with van der Waals surface area (Å²) >= 11 is 7.38. The zero-order valence-electron chi connectivity index (χ0n) is 10.7. The highest BCUT2D eigenvalue weighted by atomic mass is 35.5. The molecule has 0 N–H and O–H groups in total. The molecule has 3 rings (SSSR count). The molecule has 2 aromatic carbocycles. The molecule has 0 bridgehead atoms. The van der Waals surface area contributed by atoms with E-state index in [1.165, 1.54) is 29.5 Å². The van der Waals surface area contributed by atoms with Crippen molar-refractivity contribution >= 4 is 44.8 Å². The molecule has 1 heterocycles. The maximum Gasteiger partial charge on any atom is 0.135 e. The predicted molar refractivity (Wildman–Crippen MR) is 84.5 cm³/mol. The maximum absolute atomic E-state index is 13.8. The molecule has 5 heteroatoms. The van der Waals surface area contributed by atoms with Crippen LogP contribution < -0.4 is 0 Å². The van der Waals surface area contributed by atoms with Crippen molar-refractivity contribution in [1.82, 2.24) is 4.98 Å². The van der Waals surface area contributed by atoms with Crippen LogP contribution in [0.1, 0.15) is 10.6 Å². The Morgan fingerprint density at radius 1 is 1.24 bits per heavy atom. The number of rotatable bonds is 2. The lowest BCUT2D eigenvalue weighted by Gasteiger charge is -2.00. The average molecular weight is 315 g/mol. The van der Waals surface area contributed by atoms with Gasteiger partial charge in [0, 0.05) is 5.56 Å². The van der Waals surface area contributed by atoms with Gasteiger partial charge in [-0.15, -0.1) is 11.3 Å². The van der Waals surface area contributed by atoms with Crippen LogP contribution >= 0.6 is 22.9 Å². The average Bonchev–Trinajstić information content (AvgIpc) is 2.90. The van der Waals surface area contributed by atoms with Gasteiger partial charge >= 0.3 is 0 Å². The zero-order chi connectivity index (χ0) is 14.8. The summed E-state index contributed by atoms with van der Waals surface area (Å²) in [6, 6.07) is 14.1. The van der Waals surface area contributed by atoms with Crippen LogP contribution in [0, 0.1) is 17.1 Å². The van der Waals surface area contributed by atoms with Crippen molar-refractivity contribution in [2.75, 3.05) is 0 Å². The minimum Gasteiger partial charge on any atom is -0.235 e. The van der Waals surface area contributed by atoms with E-state index in [1.54, 1.807) is 6.07 Å². The van der Waals surface area contributed by atoms with Crippen molar-refractivity contribution in [3.05, 3.63) is 63.9 Å². The van der Waals surface area contributed by atoms with Gasteiger partial charge in [-0.2, -0.15) is 5.26 Å². The highest BCUT2D eigenvalue weighted by molar-refractivity contribution is 7.19. The SMILES string of the molecule is N#C/C(=C\c1c(F)cccc1Cl)c1nc2ccccc2s1. The highest BCUT2D eigenvalue weighted by Gasteiger charge is 2.11.